The van der Waals surface area contributed by atoms with Crippen LogP contribution in [-0.4, -0.2) is 20.3 Å². The number of rotatable bonds is 6. The summed E-state index contributed by atoms with van der Waals surface area (Å²) in [6.45, 7) is 8.63. The van der Waals surface area contributed by atoms with Gasteiger partial charge in [0.1, 0.15) is 34.6 Å². The largest absolute Gasteiger partial charge is 0.485 e. The number of hydrogen-bond donors (Lipinski definition) is 0. The highest BCUT2D eigenvalue weighted by Crippen LogP contribution is 2.26. The average molecular weight is 464 g/mol. The highest BCUT2D eigenvalue weighted by atomic mass is 35.5. The first-order valence-electron chi connectivity index (χ1n) is 10.1. The van der Waals surface area contributed by atoms with Crippen molar-refractivity contribution in [3.63, 3.8) is 0 Å². The normalized spacial score (nSPS) is 10.4. The summed E-state index contributed by atoms with van der Waals surface area (Å²) in [5, 5.41) is -0.216. The van der Waals surface area contributed by atoms with Crippen molar-refractivity contribution in [1.29, 1.82) is 0 Å². The minimum absolute atomic E-state index is 0.0415. The second-order valence-electron chi connectivity index (χ2n) is 6.58. The molecular weight excluding hydrogens is 440 g/mol. The van der Waals surface area contributed by atoms with E-state index in [4.69, 9.17) is 16.3 Å². The van der Waals surface area contributed by atoms with Gasteiger partial charge in [-0.3, -0.25) is 24.1 Å². The first kappa shape index (κ1) is 25.1. The molecular formula is C23H24ClF2N3O3. The van der Waals surface area contributed by atoms with Crippen molar-refractivity contribution in [3.8, 4) is 11.4 Å². The van der Waals surface area contributed by atoms with Crippen LogP contribution in [0.1, 0.15) is 55.1 Å². The monoisotopic (exact) mass is 463 g/mol. The summed E-state index contributed by atoms with van der Waals surface area (Å²) in [7, 11) is 0. The van der Waals surface area contributed by atoms with Crippen molar-refractivity contribution in [2.45, 2.75) is 47.6 Å². The van der Waals surface area contributed by atoms with Gasteiger partial charge < -0.3 is 4.74 Å². The molecule has 0 unspecified atom stereocenters. The predicted octanol–water partition coefficient (Wildman–Crippen LogP) is 5.24. The van der Waals surface area contributed by atoms with Crippen LogP contribution in [-0.2, 0) is 13.0 Å². The SMILES string of the molecule is CC.CCc1cnc(C(C)=O)cc1-n1c(C)cc(OCc2ncc(F)cc2F)c(Cl)c1=O. The summed E-state index contributed by atoms with van der Waals surface area (Å²) >= 11 is 6.23. The van der Waals surface area contributed by atoms with E-state index in [9.17, 15) is 18.4 Å². The first-order chi connectivity index (χ1) is 15.2. The molecule has 0 aliphatic carbocycles. The number of nitrogens with zero attached hydrogens (tertiary/aromatic N) is 3. The number of aromatic nitrogens is 3. The Morgan fingerprint density at radius 3 is 2.44 bits per heavy atom. The van der Waals surface area contributed by atoms with E-state index >= 15 is 0 Å². The molecule has 0 aliphatic heterocycles. The van der Waals surface area contributed by atoms with Gasteiger partial charge in [-0.25, -0.2) is 8.78 Å². The lowest BCUT2D eigenvalue weighted by atomic mass is 10.1. The van der Waals surface area contributed by atoms with Gasteiger partial charge in [0, 0.05) is 30.9 Å². The molecule has 3 rings (SSSR count). The van der Waals surface area contributed by atoms with Crippen molar-refractivity contribution < 1.29 is 18.3 Å². The van der Waals surface area contributed by atoms with Crippen LogP contribution < -0.4 is 10.3 Å². The van der Waals surface area contributed by atoms with E-state index < -0.39 is 17.2 Å². The third-order valence-corrected chi connectivity index (χ3v) is 4.84. The minimum atomic E-state index is -0.864. The smallest absolute Gasteiger partial charge is 0.277 e. The van der Waals surface area contributed by atoms with E-state index in [0.717, 1.165) is 11.8 Å². The Balaban J connectivity index is 0.00000176. The van der Waals surface area contributed by atoms with Gasteiger partial charge in [-0.1, -0.05) is 32.4 Å². The van der Waals surface area contributed by atoms with Crippen molar-refractivity contribution in [1.82, 2.24) is 14.5 Å². The van der Waals surface area contributed by atoms with E-state index in [1.807, 2.05) is 20.8 Å². The Morgan fingerprint density at radius 1 is 1.16 bits per heavy atom. The Kier molecular flexibility index (Phi) is 8.60. The molecule has 3 aromatic rings. The number of ether oxygens (including phenoxy) is 1. The number of hydrogen-bond acceptors (Lipinski definition) is 5. The van der Waals surface area contributed by atoms with E-state index in [2.05, 4.69) is 9.97 Å². The molecule has 0 bridgehead atoms. The fourth-order valence-electron chi connectivity index (χ4n) is 2.93. The zero-order valence-corrected chi connectivity index (χ0v) is 19.3. The van der Waals surface area contributed by atoms with Crippen molar-refractivity contribution in [3.05, 3.63) is 80.2 Å². The summed E-state index contributed by atoms with van der Waals surface area (Å²) in [5.41, 5.74) is 1.29. The standard InChI is InChI=1S/C21H18ClF2N3O3.C2H6/c1-4-13-8-25-16(12(3)28)7-18(13)27-11(2)5-19(20(22)21(27)29)30-10-17-15(24)6-14(23)9-26-17;1-2/h5-9H,4,10H2,1-3H3;1-2H3. The number of aryl methyl sites for hydroxylation is 2. The van der Waals surface area contributed by atoms with E-state index in [-0.39, 0.29) is 34.6 Å². The van der Waals surface area contributed by atoms with E-state index in [0.29, 0.717) is 23.9 Å². The van der Waals surface area contributed by atoms with Gasteiger partial charge >= 0.3 is 0 Å². The third-order valence-electron chi connectivity index (χ3n) is 4.49. The number of carbonyl (C=O) groups is 1. The summed E-state index contributed by atoms with van der Waals surface area (Å²) in [6, 6.07) is 3.77. The van der Waals surface area contributed by atoms with Crippen LogP contribution in [0.5, 0.6) is 5.75 Å². The second kappa shape index (κ2) is 10.9. The highest BCUT2D eigenvalue weighted by molar-refractivity contribution is 6.31. The lowest BCUT2D eigenvalue weighted by Gasteiger charge is -2.17. The molecule has 3 aromatic heterocycles. The van der Waals surface area contributed by atoms with Crippen LogP contribution in [0.25, 0.3) is 5.69 Å². The van der Waals surface area contributed by atoms with Gasteiger partial charge in [-0.2, -0.15) is 0 Å². The van der Waals surface area contributed by atoms with Crippen LogP contribution in [0.4, 0.5) is 8.78 Å². The van der Waals surface area contributed by atoms with Crippen LogP contribution >= 0.6 is 11.6 Å². The van der Waals surface area contributed by atoms with Crippen LogP contribution in [0.3, 0.4) is 0 Å². The molecule has 0 aromatic carbocycles. The second-order valence-corrected chi connectivity index (χ2v) is 6.96. The summed E-state index contributed by atoms with van der Waals surface area (Å²) in [5.74, 6) is -1.86. The molecule has 0 saturated heterocycles. The fraction of sp³-hybridized carbons (Fsp3) is 0.304. The molecule has 6 nitrogen and oxygen atoms in total. The highest BCUT2D eigenvalue weighted by Gasteiger charge is 2.18. The molecule has 0 amide bonds. The van der Waals surface area contributed by atoms with Gasteiger partial charge in [0.2, 0.25) is 0 Å². The van der Waals surface area contributed by atoms with E-state index in [1.165, 1.54) is 17.6 Å². The van der Waals surface area contributed by atoms with E-state index in [1.54, 1.807) is 19.2 Å². The number of ketones is 1. The topological polar surface area (TPSA) is 74.1 Å². The molecule has 170 valence electrons. The number of Topliss-reactive ketones (excluding diaryl/α,β-unsaturated/α-hetero) is 1. The molecule has 9 heteroatoms. The quantitative estimate of drug-likeness (QED) is 0.467. The molecule has 0 radical (unpaired) electrons. The predicted molar refractivity (Wildman–Crippen MR) is 119 cm³/mol. The Morgan fingerprint density at radius 2 is 1.84 bits per heavy atom. The van der Waals surface area contributed by atoms with Gasteiger partial charge in [-0.05, 0) is 25.0 Å². The first-order valence-corrected chi connectivity index (χ1v) is 10.5. The van der Waals surface area contributed by atoms with Gasteiger partial charge in [0.25, 0.3) is 5.56 Å². The van der Waals surface area contributed by atoms with Gasteiger partial charge in [0.05, 0.1) is 11.9 Å². The number of carbonyl (C=O) groups excluding carboxylic acids is 1. The van der Waals surface area contributed by atoms with Crippen LogP contribution in [0, 0.1) is 18.6 Å². The average Bonchev–Trinajstić information content (AvgIpc) is 2.77. The Bertz CT molecular complexity index is 1200. The molecule has 0 spiro atoms. The maximum Gasteiger partial charge on any atom is 0.277 e. The lowest BCUT2D eigenvalue weighted by molar-refractivity contribution is 0.101. The molecule has 0 saturated carbocycles. The summed E-state index contributed by atoms with van der Waals surface area (Å²) in [4.78, 5) is 32.5. The lowest BCUT2D eigenvalue weighted by Crippen LogP contribution is -2.23. The minimum Gasteiger partial charge on any atom is -0.485 e. The van der Waals surface area contributed by atoms with Crippen molar-refractivity contribution in [2.24, 2.45) is 0 Å². The maximum absolute atomic E-state index is 13.8. The molecule has 0 atom stereocenters. The number of halogens is 3. The zero-order chi connectivity index (χ0) is 24.0. The Hall–Kier alpha value is -3.13. The van der Waals surface area contributed by atoms with Crippen molar-refractivity contribution >= 4 is 17.4 Å². The van der Waals surface area contributed by atoms with Crippen LogP contribution in [0.2, 0.25) is 5.02 Å². The van der Waals surface area contributed by atoms with Crippen LogP contribution in [0.15, 0.2) is 35.4 Å². The maximum atomic E-state index is 13.8. The van der Waals surface area contributed by atoms with Crippen molar-refractivity contribution in [2.75, 3.05) is 0 Å². The zero-order valence-electron chi connectivity index (χ0n) is 18.5. The third kappa shape index (κ3) is 5.37. The number of pyridine rings is 3. The summed E-state index contributed by atoms with van der Waals surface area (Å²) in [6.07, 6.45) is 3.01. The molecule has 32 heavy (non-hydrogen) atoms. The Labute approximate surface area is 189 Å². The fourth-order valence-corrected chi connectivity index (χ4v) is 3.12. The summed E-state index contributed by atoms with van der Waals surface area (Å²) < 4.78 is 33.6. The molecule has 0 fully saturated rings. The molecule has 3 heterocycles. The van der Waals surface area contributed by atoms with Gasteiger partial charge in [0.15, 0.2) is 11.6 Å². The molecule has 0 N–H and O–H groups in total. The van der Waals surface area contributed by atoms with Gasteiger partial charge in [-0.15, -0.1) is 0 Å². The molecule has 0 aliphatic rings.